The highest BCUT2D eigenvalue weighted by molar-refractivity contribution is 9.10. The van der Waals surface area contributed by atoms with E-state index in [9.17, 15) is 9.59 Å². The third-order valence-electron chi connectivity index (χ3n) is 2.96. The molecule has 6 nitrogen and oxygen atoms in total. The smallest absolute Gasteiger partial charge is 0.336 e. The minimum atomic E-state index is -0.436. The third kappa shape index (κ3) is 3.95. The number of benzene rings is 1. The molecule has 0 aliphatic rings. The van der Waals surface area contributed by atoms with Gasteiger partial charge in [-0.05, 0) is 46.3 Å². The molecule has 3 aromatic rings. The highest BCUT2D eigenvalue weighted by Crippen LogP contribution is 2.19. The Labute approximate surface area is 139 Å². The predicted octanol–water partition coefficient (Wildman–Crippen LogP) is 2.97. The molecule has 3 rings (SSSR count). The second-order valence-corrected chi connectivity index (χ2v) is 5.57. The van der Waals surface area contributed by atoms with Gasteiger partial charge in [0.15, 0.2) is 6.61 Å². The number of rotatable bonds is 4. The number of nitrogens with one attached hydrogen (secondary N) is 1. The van der Waals surface area contributed by atoms with Gasteiger partial charge in [0, 0.05) is 28.2 Å². The maximum absolute atomic E-state index is 11.8. The molecule has 0 bridgehead atoms. The van der Waals surface area contributed by atoms with Gasteiger partial charge in [0.05, 0.1) is 0 Å². The number of anilines is 1. The molecule has 1 N–H and O–H groups in total. The molecule has 0 fully saturated rings. The van der Waals surface area contributed by atoms with Crippen LogP contribution < -0.4 is 15.7 Å². The van der Waals surface area contributed by atoms with Crippen molar-refractivity contribution in [3.63, 3.8) is 0 Å². The van der Waals surface area contributed by atoms with Gasteiger partial charge >= 0.3 is 5.63 Å². The molecule has 1 amide bonds. The quantitative estimate of drug-likeness (QED) is 0.709. The summed E-state index contributed by atoms with van der Waals surface area (Å²) in [6.07, 6.45) is 1.59. The van der Waals surface area contributed by atoms with E-state index in [0.717, 1.165) is 9.86 Å². The lowest BCUT2D eigenvalue weighted by atomic mass is 10.2. The Morgan fingerprint density at radius 2 is 2.04 bits per heavy atom. The molecule has 0 radical (unpaired) electrons. The van der Waals surface area contributed by atoms with Crippen LogP contribution in [0.2, 0.25) is 0 Å². The van der Waals surface area contributed by atoms with Crippen molar-refractivity contribution in [2.45, 2.75) is 0 Å². The minimum Gasteiger partial charge on any atom is -0.484 e. The lowest BCUT2D eigenvalue weighted by Crippen LogP contribution is -2.20. The number of nitrogens with zero attached hydrogens (tertiary/aromatic N) is 1. The second kappa shape index (κ2) is 6.62. The number of hydrogen-bond acceptors (Lipinski definition) is 5. The number of aromatic nitrogens is 1. The molecule has 0 saturated heterocycles. The Balaban J connectivity index is 1.64. The van der Waals surface area contributed by atoms with Crippen LogP contribution in [0.3, 0.4) is 0 Å². The van der Waals surface area contributed by atoms with E-state index < -0.39 is 5.63 Å². The second-order valence-electron chi connectivity index (χ2n) is 4.65. The first-order chi connectivity index (χ1) is 11.1. The van der Waals surface area contributed by atoms with Gasteiger partial charge in [-0.15, -0.1) is 0 Å². The van der Waals surface area contributed by atoms with Crippen molar-refractivity contribution in [2.75, 3.05) is 11.9 Å². The summed E-state index contributed by atoms with van der Waals surface area (Å²) in [5, 5.41) is 3.39. The summed E-state index contributed by atoms with van der Waals surface area (Å²) in [5.41, 5.74) is -0.0290. The van der Waals surface area contributed by atoms with Crippen molar-refractivity contribution in [1.82, 2.24) is 4.98 Å². The van der Waals surface area contributed by atoms with Crippen LogP contribution in [0.1, 0.15) is 0 Å². The SMILES string of the molecule is O=C(COc1ccc2ccc(=O)oc2c1)Nc1ccc(Br)cn1. The van der Waals surface area contributed by atoms with Crippen molar-refractivity contribution >= 4 is 38.6 Å². The van der Waals surface area contributed by atoms with Crippen LogP contribution in [-0.4, -0.2) is 17.5 Å². The zero-order chi connectivity index (χ0) is 16.2. The number of pyridine rings is 1. The van der Waals surface area contributed by atoms with Crippen LogP contribution in [0.25, 0.3) is 11.0 Å². The van der Waals surface area contributed by atoms with E-state index >= 15 is 0 Å². The standard InChI is InChI=1S/C16H11BrN2O4/c17-11-3-5-14(18-8-11)19-15(20)9-22-12-4-1-10-2-6-16(21)23-13(10)7-12/h1-8H,9H2,(H,18,19,20). The number of carbonyl (C=O) groups is 1. The summed E-state index contributed by atoms with van der Waals surface area (Å²) in [4.78, 5) is 27.1. The summed E-state index contributed by atoms with van der Waals surface area (Å²) in [6.45, 7) is -0.180. The Morgan fingerprint density at radius 3 is 2.83 bits per heavy atom. The van der Waals surface area contributed by atoms with Crippen LogP contribution in [0.4, 0.5) is 5.82 Å². The highest BCUT2D eigenvalue weighted by atomic mass is 79.9. The van der Waals surface area contributed by atoms with Crippen LogP contribution >= 0.6 is 15.9 Å². The first-order valence-electron chi connectivity index (χ1n) is 6.68. The van der Waals surface area contributed by atoms with E-state index in [4.69, 9.17) is 9.15 Å². The van der Waals surface area contributed by atoms with E-state index in [1.807, 2.05) is 0 Å². The average Bonchev–Trinajstić information content (AvgIpc) is 2.54. The fourth-order valence-electron chi connectivity index (χ4n) is 1.91. The average molecular weight is 375 g/mol. The summed E-state index contributed by atoms with van der Waals surface area (Å²) >= 11 is 3.27. The molecule has 0 aliphatic heterocycles. The molecule has 0 spiro atoms. The van der Waals surface area contributed by atoms with Crippen molar-refractivity contribution in [3.05, 3.63) is 63.6 Å². The summed E-state index contributed by atoms with van der Waals surface area (Å²) in [6, 6.07) is 11.5. The number of fused-ring (bicyclic) bond motifs is 1. The van der Waals surface area contributed by atoms with E-state index in [-0.39, 0.29) is 12.5 Å². The van der Waals surface area contributed by atoms with Crippen molar-refractivity contribution in [2.24, 2.45) is 0 Å². The van der Waals surface area contributed by atoms with E-state index in [1.54, 1.807) is 42.6 Å². The molecule has 2 heterocycles. The van der Waals surface area contributed by atoms with Crippen molar-refractivity contribution in [3.8, 4) is 5.75 Å². The maximum atomic E-state index is 11.8. The Hall–Kier alpha value is -2.67. The number of carbonyl (C=O) groups excluding carboxylic acids is 1. The number of ether oxygens (including phenoxy) is 1. The third-order valence-corrected chi connectivity index (χ3v) is 3.43. The highest BCUT2D eigenvalue weighted by Gasteiger charge is 2.06. The molecule has 116 valence electrons. The van der Waals surface area contributed by atoms with Gasteiger partial charge in [-0.1, -0.05) is 0 Å². The van der Waals surface area contributed by atoms with Crippen LogP contribution in [-0.2, 0) is 4.79 Å². The molecule has 1 aromatic carbocycles. The fourth-order valence-corrected chi connectivity index (χ4v) is 2.14. The van der Waals surface area contributed by atoms with Gasteiger partial charge in [-0.3, -0.25) is 4.79 Å². The summed E-state index contributed by atoms with van der Waals surface area (Å²) in [7, 11) is 0. The first kappa shape index (κ1) is 15.2. The molecule has 0 aliphatic carbocycles. The van der Waals surface area contributed by atoms with Gasteiger partial charge in [0.25, 0.3) is 5.91 Å². The van der Waals surface area contributed by atoms with Gasteiger partial charge in [0.1, 0.15) is 17.2 Å². The van der Waals surface area contributed by atoms with Gasteiger partial charge in [0.2, 0.25) is 0 Å². The zero-order valence-corrected chi connectivity index (χ0v) is 13.4. The van der Waals surface area contributed by atoms with Gasteiger partial charge in [-0.2, -0.15) is 0 Å². The molecule has 7 heteroatoms. The molecule has 23 heavy (non-hydrogen) atoms. The van der Waals surface area contributed by atoms with E-state index in [2.05, 4.69) is 26.2 Å². The molecule has 0 unspecified atom stereocenters. The number of halogens is 1. The minimum absolute atomic E-state index is 0.180. The topological polar surface area (TPSA) is 81.4 Å². The van der Waals surface area contributed by atoms with Gasteiger partial charge < -0.3 is 14.5 Å². The lowest BCUT2D eigenvalue weighted by Gasteiger charge is -2.07. The van der Waals surface area contributed by atoms with Crippen LogP contribution in [0, 0.1) is 0 Å². The van der Waals surface area contributed by atoms with Crippen LogP contribution in [0.5, 0.6) is 5.75 Å². The zero-order valence-electron chi connectivity index (χ0n) is 11.8. The molecular formula is C16H11BrN2O4. The lowest BCUT2D eigenvalue weighted by molar-refractivity contribution is -0.118. The molecule has 2 aromatic heterocycles. The van der Waals surface area contributed by atoms with E-state index in [0.29, 0.717) is 17.2 Å². The first-order valence-corrected chi connectivity index (χ1v) is 7.47. The van der Waals surface area contributed by atoms with Crippen molar-refractivity contribution < 1.29 is 13.9 Å². The largest absolute Gasteiger partial charge is 0.484 e. The fraction of sp³-hybridized carbons (Fsp3) is 0.0625. The monoisotopic (exact) mass is 374 g/mol. The summed E-state index contributed by atoms with van der Waals surface area (Å²) in [5.74, 6) is 0.534. The molecular weight excluding hydrogens is 364 g/mol. The maximum Gasteiger partial charge on any atom is 0.336 e. The number of amides is 1. The molecule has 0 saturated carbocycles. The Bertz CT molecular complexity index is 906. The van der Waals surface area contributed by atoms with Crippen molar-refractivity contribution in [1.29, 1.82) is 0 Å². The predicted molar refractivity (Wildman–Crippen MR) is 88.5 cm³/mol. The van der Waals surface area contributed by atoms with Crippen LogP contribution in [0.15, 0.2) is 62.3 Å². The number of hydrogen-bond donors (Lipinski definition) is 1. The summed E-state index contributed by atoms with van der Waals surface area (Å²) < 4.78 is 11.3. The van der Waals surface area contributed by atoms with Gasteiger partial charge in [-0.25, -0.2) is 9.78 Å². The Morgan fingerprint density at radius 1 is 1.22 bits per heavy atom. The Kier molecular flexibility index (Phi) is 4.38. The van der Waals surface area contributed by atoms with E-state index in [1.165, 1.54) is 6.07 Å². The normalized spacial score (nSPS) is 10.5. The molecule has 0 atom stereocenters.